The van der Waals surface area contributed by atoms with Crippen molar-refractivity contribution in [2.75, 3.05) is 19.1 Å². The van der Waals surface area contributed by atoms with Crippen LogP contribution in [0.5, 0.6) is 0 Å². The number of amides is 3. The Labute approximate surface area is 202 Å². The van der Waals surface area contributed by atoms with Crippen molar-refractivity contribution < 1.29 is 23.1 Å². The van der Waals surface area contributed by atoms with E-state index in [4.69, 9.17) is 16.3 Å². The van der Waals surface area contributed by atoms with Gasteiger partial charge in [0.15, 0.2) is 0 Å². The fourth-order valence-corrected chi connectivity index (χ4v) is 6.16. The van der Waals surface area contributed by atoms with E-state index in [2.05, 4.69) is 4.90 Å². The summed E-state index contributed by atoms with van der Waals surface area (Å²) in [6, 6.07) is 8.54. The van der Waals surface area contributed by atoms with Crippen molar-refractivity contribution in [3.8, 4) is 0 Å². The van der Waals surface area contributed by atoms with E-state index < -0.39 is 23.7 Å². The summed E-state index contributed by atoms with van der Waals surface area (Å²) in [7, 11) is 3.60. The highest BCUT2D eigenvalue weighted by atomic mass is 35.5. The van der Waals surface area contributed by atoms with Crippen LogP contribution in [0.25, 0.3) is 0 Å². The van der Waals surface area contributed by atoms with E-state index in [1.807, 2.05) is 7.05 Å². The van der Waals surface area contributed by atoms with E-state index in [0.717, 1.165) is 30.2 Å². The van der Waals surface area contributed by atoms with Crippen molar-refractivity contribution in [1.29, 1.82) is 0 Å². The summed E-state index contributed by atoms with van der Waals surface area (Å²) < 4.78 is 33.4. The molecule has 5 unspecified atom stereocenters. The summed E-state index contributed by atoms with van der Waals surface area (Å²) in [6.45, 7) is 0.144. The van der Waals surface area contributed by atoms with E-state index in [9.17, 15) is 18.4 Å². The number of benzene rings is 2. The highest BCUT2D eigenvalue weighted by Crippen LogP contribution is 2.46. The molecule has 0 spiro atoms. The minimum atomic E-state index is -0.633. The maximum Gasteiger partial charge on any atom is 0.332 e. The van der Waals surface area contributed by atoms with Gasteiger partial charge in [0, 0.05) is 19.7 Å². The number of methoxy groups -OCH3 is 1. The van der Waals surface area contributed by atoms with Crippen molar-refractivity contribution in [3.63, 3.8) is 0 Å². The molecule has 5 atom stereocenters. The molecule has 2 aromatic carbocycles. The Morgan fingerprint density at radius 3 is 2.62 bits per heavy atom. The molecule has 0 radical (unpaired) electrons. The number of likely N-dealkylation sites (N-methyl/N-ethyl adjacent to an activating group) is 1. The molecular formula is C25H26ClF2N3O3. The number of anilines is 1. The lowest BCUT2D eigenvalue weighted by Gasteiger charge is -2.45. The highest BCUT2D eigenvalue weighted by molar-refractivity contribution is 6.31. The minimum Gasteiger partial charge on any atom is -0.381 e. The van der Waals surface area contributed by atoms with Gasteiger partial charge in [-0.05, 0) is 68.1 Å². The number of fused-ring (bicyclic) bond motifs is 3. The molecule has 2 heterocycles. The van der Waals surface area contributed by atoms with Gasteiger partial charge in [-0.25, -0.2) is 18.5 Å². The van der Waals surface area contributed by atoms with Gasteiger partial charge < -0.3 is 9.64 Å². The number of nitrogens with zero attached hydrogens (tertiary/aromatic N) is 3. The van der Waals surface area contributed by atoms with Crippen LogP contribution in [0.3, 0.4) is 0 Å². The molecule has 2 aromatic rings. The van der Waals surface area contributed by atoms with E-state index in [1.54, 1.807) is 24.1 Å². The van der Waals surface area contributed by atoms with Crippen LogP contribution in [0.4, 0.5) is 19.3 Å². The molecule has 6 nitrogen and oxygen atoms in total. The molecule has 34 heavy (non-hydrogen) atoms. The average molecular weight is 490 g/mol. The molecule has 180 valence electrons. The van der Waals surface area contributed by atoms with Crippen LogP contribution >= 0.6 is 11.6 Å². The molecular weight excluding hydrogens is 464 g/mol. The second-order valence-electron chi connectivity index (χ2n) is 9.32. The third kappa shape index (κ3) is 3.78. The number of rotatable bonds is 4. The van der Waals surface area contributed by atoms with E-state index in [0.29, 0.717) is 5.56 Å². The number of hydrogen-bond donors (Lipinski definition) is 0. The summed E-state index contributed by atoms with van der Waals surface area (Å²) in [5, 5.41) is -0.173. The summed E-state index contributed by atoms with van der Waals surface area (Å²) >= 11 is 5.98. The topological polar surface area (TPSA) is 53.1 Å². The number of halogens is 3. The van der Waals surface area contributed by atoms with Gasteiger partial charge in [-0.1, -0.05) is 23.7 Å². The Bertz CT molecular complexity index is 1130. The fourth-order valence-electron chi connectivity index (χ4n) is 5.99. The van der Waals surface area contributed by atoms with Gasteiger partial charge in [0.1, 0.15) is 17.7 Å². The molecule has 3 aliphatic rings. The lowest BCUT2D eigenvalue weighted by Crippen LogP contribution is -2.66. The maximum atomic E-state index is 14.0. The third-order valence-electron chi connectivity index (χ3n) is 7.54. The largest absolute Gasteiger partial charge is 0.381 e. The normalized spacial score (nSPS) is 29.4. The van der Waals surface area contributed by atoms with Crippen LogP contribution in [0.1, 0.15) is 24.8 Å². The number of carbonyl (C=O) groups excluding carboxylic acids is 2. The van der Waals surface area contributed by atoms with Gasteiger partial charge in [-0.2, -0.15) is 0 Å². The first kappa shape index (κ1) is 23.2. The second kappa shape index (κ2) is 8.91. The van der Waals surface area contributed by atoms with E-state index in [1.165, 1.54) is 24.3 Å². The number of imide groups is 1. The van der Waals surface area contributed by atoms with Gasteiger partial charge in [-0.15, -0.1) is 0 Å². The first-order chi connectivity index (χ1) is 16.3. The van der Waals surface area contributed by atoms with Gasteiger partial charge in [-0.3, -0.25) is 9.69 Å². The number of hydrogen-bond acceptors (Lipinski definition) is 4. The Balaban J connectivity index is 1.58. The molecule has 1 saturated carbocycles. The molecule has 0 bridgehead atoms. The van der Waals surface area contributed by atoms with Crippen molar-refractivity contribution in [2.45, 2.75) is 50.0 Å². The predicted octanol–water partition coefficient (Wildman–Crippen LogP) is 4.45. The van der Waals surface area contributed by atoms with Crippen LogP contribution in [0.2, 0.25) is 5.02 Å². The Hall–Kier alpha value is -2.55. The van der Waals surface area contributed by atoms with Crippen molar-refractivity contribution in [2.24, 2.45) is 5.92 Å². The predicted molar refractivity (Wildman–Crippen MR) is 124 cm³/mol. The van der Waals surface area contributed by atoms with Crippen LogP contribution in [0, 0.1) is 17.6 Å². The number of carbonyl (C=O) groups is 2. The first-order valence-corrected chi connectivity index (χ1v) is 11.8. The number of urea groups is 1. The zero-order valence-corrected chi connectivity index (χ0v) is 19.7. The van der Waals surface area contributed by atoms with Crippen molar-refractivity contribution in [1.82, 2.24) is 9.80 Å². The molecule has 5 rings (SSSR count). The highest BCUT2D eigenvalue weighted by Gasteiger charge is 2.60. The molecule has 0 N–H and O–H groups in total. The maximum absolute atomic E-state index is 14.0. The second-order valence-corrected chi connectivity index (χ2v) is 9.72. The standard InChI is InChI=1S/C25H26ClF2N3O3/c1-29-21-9-7-17(34-2)12-18(21)22-23(29)24(32)31(16-6-8-20(28)19(26)11-16)25(33)30(22)13-14-4-3-5-15(27)10-14/h3-6,8,10-11,17-18,21-23H,7,9,12-13H2,1-2H3. The molecule has 1 aliphatic carbocycles. The van der Waals surface area contributed by atoms with Gasteiger partial charge in [0.25, 0.3) is 5.91 Å². The number of ether oxygens (including phenoxy) is 1. The van der Waals surface area contributed by atoms with Crippen LogP contribution in [-0.4, -0.2) is 60.1 Å². The summed E-state index contributed by atoms with van der Waals surface area (Å²) in [4.78, 5) is 32.4. The third-order valence-corrected chi connectivity index (χ3v) is 7.83. The fraction of sp³-hybridized carbons (Fsp3) is 0.440. The van der Waals surface area contributed by atoms with Crippen molar-refractivity contribution >= 4 is 29.2 Å². The Morgan fingerprint density at radius 2 is 1.91 bits per heavy atom. The van der Waals surface area contributed by atoms with Gasteiger partial charge in [0.05, 0.1) is 22.9 Å². The molecule has 3 amide bonds. The molecule has 9 heteroatoms. The smallest absolute Gasteiger partial charge is 0.332 e. The molecule has 2 saturated heterocycles. The van der Waals surface area contributed by atoms with Gasteiger partial charge >= 0.3 is 6.03 Å². The minimum absolute atomic E-state index is 0.0362. The van der Waals surface area contributed by atoms with Crippen molar-refractivity contribution in [3.05, 3.63) is 64.7 Å². The van der Waals surface area contributed by atoms with Crippen LogP contribution in [0.15, 0.2) is 42.5 Å². The summed E-state index contributed by atoms with van der Waals surface area (Å²) in [6.07, 6.45) is 2.52. The number of likely N-dealkylation sites (tertiary alicyclic amines) is 1. The Kier molecular flexibility index (Phi) is 6.08. The zero-order chi connectivity index (χ0) is 24.1. The lowest BCUT2D eigenvalue weighted by molar-refractivity contribution is -0.125. The van der Waals surface area contributed by atoms with Crippen LogP contribution < -0.4 is 4.90 Å². The van der Waals surface area contributed by atoms with E-state index in [-0.39, 0.29) is 47.3 Å². The van der Waals surface area contributed by atoms with E-state index >= 15 is 0 Å². The summed E-state index contributed by atoms with van der Waals surface area (Å²) in [5.74, 6) is -1.35. The quantitative estimate of drug-likeness (QED) is 0.636. The van der Waals surface area contributed by atoms with Gasteiger partial charge in [0.2, 0.25) is 0 Å². The monoisotopic (exact) mass is 489 g/mol. The Morgan fingerprint density at radius 1 is 1.12 bits per heavy atom. The average Bonchev–Trinajstić information content (AvgIpc) is 3.11. The van der Waals surface area contributed by atoms with Crippen LogP contribution in [-0.2, 0) is 16.1 Å². The first-order valence-electron chi connectivity index (χ1n) is 11.4. The molecule has 3 fully saturated rings. The molecule has 0 aromatic heterocycles. The SMILES string of the molecule is COC1CCC2C(C1)C1C(C(=O)N(c3ccc(F)c(Cl)c3)C(=O)N1Cc1cccc(F)c1)N2C. The lowest BCUT2D eigenvalue weighted by atomic mass is 9.79. The molecule has 2 aliphatic heterocycles. The zero-order valence-electron chi connectivity index (χ0n) is 19.0. The summed E-state index contributed by atoms with van der Waals surface area (Å²) in [5.41, 5.74) is 0.839.